The van der Waals surface area contributed by atoms with E-state index in [0.717, 1.165) is 19.9 Å². The summed E-state index contributed by atoms with van der Waals surface area (Å²) in [4.78, 5) is 22.9. The van der Waals surface area contributed by atoms with E-state index in [9.17, 15) is 14.9 Å². The third-order valence-electron chi connectivity index (χ3n) is 4.50. The van der Waals surface area contributed by atoms with Gasteiger partial charge < -0.3 is 15.2 Å². The average Bonchev–Trinajstić information content (AvgIpc) is 2.76. The van der Waals surface area contributed by atoms with Gasteiger partial charge in [0.2, 0.25) is 0 Å². The van der Waals surface area contributed by atoms with Gasteiger partial charge in [0.25, 0.3) is 5.91 Å². The van der Waals surface area contributed by atoms with Gasteiger partial charge in [-0.3, -0.25) is 10.1 Å². The van der Waals surface area contributed by atoms with Crippen LogP contribution in [0.3, 0.4) is 0 Å². The van der Waals surface area contributed by atoms with E-state index in [1.165, 1.54) is 6.08 Å². The topological polar surface area (TPSA) is 114 Å². The number of primary amides is 1. The van der Waals surface area contributed by atoms with Gasteiger partial charge in [0, 0.05) is 0 Å². The highest BCUT2D eigenvalue weighted by molar-refractivity contribution is 14.1. The quantitative estimate of drug-likeness (QED) is 0.259. The smallest absolute Gasteiger partial charge is 0.319 e. The van der Waals surface area contributed by atoms with Crippen molar-refractivity contribution >= 4 is 51.4 Å². The van der Waals surface area contributed by atoms with E-state index >= 15 is 0 Å². The van der Waals surface area contributed by atoms with Crippen molar-refractivity contribution in [2.75, 3.05) is 6.61 Å². The fraction of sp³-hybridized carbons (Fsp3) is 0.125. The minimum atomic E-state index is -1.03. The number of nitriles is 1. The van der Waals surface area contributed by atoms with E-state index in [2.05, 4.69) is 40.8 Å². The SMILES string of the molecule is CCOc1cc(/C=C(/C#N)C(=O)NC(N)=O)cc(I)c1OCc1cccc2ccccc12. The van der Waals surface area contributed by atoms with Crippen LogP contribution in [0.4, 0.5) is 4.79 Å². The van der Waals surface area contributed by atoms with Crippen LogP contribution in [0.1, 0.15) is 18.1 Å². The number of imide groups is 1. The van der Waals surface area contributed by atoms with E-state index in [-0.39, 0.29) is 5.57 Å². The predicted octanol–water partition coefficient (Wildman–Crippen LogP) is 4.52. The third kappa shape index (κ3) is 5.56. The van der Waals surface area contributed by atoms with Crippen molar-refractivity contribution in [3.05, 3.63) is 74.9 Å². The molecule has 3 N–H and O–H groups in total. The van der Waals surface area contributed by atoms with Gasteiger partial charge in [-0.25, -0.2) is 4.79 Å². The van der Waals surface area contributed by atoms with Crippen molar-refractivity contribution in [2.45, 2.75) is 13.5 Å². The van der Waals surface area contributed by atoms with Gasteiger partial charge >= 0.3 is 6.03 Å². The Kier molecular flexibility index (Phi) is 7.68. The van der Waals surface area contributed by atoms with Crippen molar-refractivity contribution in [1.82, 2.24) is 5.32 Å². The number of carbonyl (C=O) groups excluding carboxylic acids is 2. The number of urea groups is 1. The molecule has 0 aliphatic rings. The summed E-state index contributed by atoms with van der Waals surface area (Å²) >= 11 is 2.12. The first-order valence-electron chi connectivity index (χ1n) is 9.71. The predicted molar refractivity (Wildman–Crippen MR) is 130 cm³/mol. The summed E-state index contributed by atoms with van der Waals surface area (Å²) in [6.07, 6.45) is 1.36. The minimum absolute atomic E-state index is 0.258. The molecule has 3 aromatic carbocycles. The summed E-state index contributed by atoms with van der Waals surface area (Å²) < 4.78 is 12.6. The lowest BCUT2D eigenvalue weighted by Gasteiger charge is -2.16. The van der Waals surface area contributed by atoms with Crippen LogP contribution in [0.2, 0.25) is 0 Å². The molecule has 0 saturated heterocycles. The van der Waals surface area contributed by atoms with E-state index in [1.54, 1.807) is 18.2 Å². The molecule has 0 aliphatic carbocycles. The molecule has 3 aromatic rings. The molecule has 8 heteroatoms. The van der Waals surface area contributed by atoms with Crippen LogP contribution in [0.25, 0.3) is 16.8 Å². The van der Waals surface area contributed by atoms with Gasteiger partial charge in [0.1, 0.15) is 18.2 Å². The highest BCUT2D eigenvalue weighted by Gasteiger charge is 2.15. The Labute approximate surface area is 198 Å². The number of amides is 3. The fourth-order valence-corrected chi connectivity index (χ4v) is 3.92. The van der Waals surface area contributed by atoms with Gasteiger partial charge in [-0.1, -0.05) is 42.5 Å². The normalized spacial score (nSPS) is 11.0. The molecule has 162 valence electrons. The van der Waals surface area contributed by atoms with E-state index in [0.29, 0.717) is 30.3 Å². The van der Waals surface area contributed by atoms with Crippen LogP contribution >= 0.6 is 22.6 Å². The molecular weight excluding hydrogens is 521 g/mol. The highest BCUT2D eigenvalue weighted by Crippen LogP contribution is 2.36. The number of benzene rings is 3. The van der Waals surface area contributed by atoms with Gasteiger partial charge in [-0.2, -0.15) is 5.26 Å². The lowest BCUT2D eigenvalue weighted by molar-refractivity contribution is -0.115. The van der Waals surface area contributed by atoms with Gasteiger partial charge in [-0.15, -0.1) is 0 Å². The van der Waals surface area contributed by atoms with Crippen molar-refractivity contribution in [3.8, 4) is 17.6 Å². The van der Waals surface area contributed by atoms with Crippen LogP contribution in [-0.2, 0) is 11.4 Å². The number of nitrogens with zero attached hydrogens (tertiary/aromatic N) is 1. The van der Waals surface area contributed by atoms with Crippen LogP contribution in [0.15, 0.2) is 60.2 Å². The van der Waals surface area contributed by atoms with Crippen LogP contribution in [0.5, 0.6) is 11.5 Å². The number of hydrogen-bond acceptors (Lipinski definition) is 5. The Morgan fingerprint density at radius 2 is 1.91 bits per heavy atom. The average molecular weight is 541 g/mol. The second-order valence-corrected chi connectivity index (χ2v) is 7.84. The third-order valence-corrected chi connectivity index (χ3v) is 5.30. The summed E-state index contributed by atoms with van der Waals surface area (Å²) in [7, 11) is 0. The summed E-state index contributed by atoms with van der Waals surface area (Å²) in [5.74, 6) is 0.181. The molecule has 0 radical (unpaired) electrons. The maximum Gasteiger partial charge on any atom is 0.319 e. The van der Waals surface area contributed by atoms with E-state index in [1.807, 2.05) is 36.5 Å². The molecule has 0 heterocycles. The van der Waals surface area contributed by atoms with Crippen LogP contribution in [-0.4, -0.2) is 18.5 Å². The largest absolute Gasteiger partial charge is 0.490 e. The Morgan fingerprint density at radius 1 is 1.16 bits per heavy atom. The number of hydrogen-bond donors (Lipinski definition) is 2. The molecule has 3 rings (SSSR count). The number of carbonyl (C=O) groups is 2. The monoisotopic (exact) mass is 541 g/mol. The number of halogens is 1. The summed E-state index contributed by atoms with van der Waals surface area (Å²) in [5, 5.41) is 13.4. The Balaban J connectivity index is 1.92. The number of ether oxygens (including phenoxy) is 2. The Morgan fingerprint density at radius 3 is 2.62 bits per heavy atom. The van der Waals surface area contributed by atoms with Crippen LogP contribution < -0.4 is 20.5 Å². The molecule has 0 bridgehead atoms. The Hall–Kier alpha value is -3.58. The number of nitrogens with one attached hydrogen (secondary N) is 1. The first kappa shape index (κ1) is 23.1. The van der Waals surface area contributed by atoms with E-state index in [4.69, 9.17) is 15.2 Å². The van der Waals surface area contributed by atoms with Crippen LogP contribution in [0, 0.1) is 14.9 Å². The van der Waals surface area contributed by atoms with Gasteiger partial charge in [-0.05, 0) is 69.6 Å². The molecule has 0 aromatic heterocycles. The van der Waals surface area contributed by atoms with Crippen molar-refractivity contribution in [2.24, 2.45) is 5.73 Å². The zero-order valence-corrected chi connectivity index (χ0v) is 19.4. The zero-order chi connectivity index (χ0) is 23.1. The zero-order valence-electron chi connectivity index (χ0n) is 17.2. The second-order valence-electron chi connectivity index (χ2n) is 6.68. The molecular formula is C24H20IN3O4. The maximum atomic E-state index is 12.0. The first-order chi connectivity index (χ1) is 15.4. The molecule has 0 unspecified atom stereocenters. The van der Waals surface area contributed by atoms with Crippen molar-refractivity contribution in [3.63, 3.8) is 0 Å². The minimum Gasteiger partial charge on any atom is -0.490 e. The van der Waals surface area contributed by atoms with Gasteiger partial charge in [0.15, 0.2) is 11.5 Å². The lowest BCUT2D eigenvalue weighted by Crippen LogP contribution is -2.35. The highest BCUT2D eigenvalue weighted by atomic mass is 127. The first-order valence-corrected chi connectivity index (χ1v) is 10.8. The fourth-order valence-electron chi connectivity index (χ4n) is 3.14. The summed E-state index contributed by atoms with van der Waals surface area (Å²) in [5.41, 5.74) is 6.29. The molecule has 0 spiro atoms. The van der Waals surface area contributed by atoms with Gasteiger partial charge in [0.05, 0.1) is 10.2 Å². The summed E-state index contributed by atoms with van der Waals surface area (Å²) in [6.45, 7) is 2.60. The second kappa shape index (κ2) is 10.6. The van der Waals surface area contributed by atoms with E-state index < -0.39 is 11.9 Å². The molecule has 0 atom stereocenters. The molecule has 32 heavy (non-hydrogen) atoms. The van der Waals surface area contributed by atoms with Crippen molar-refractivity contribution in [1.29, 1.82) is 5.26 Å². The molecule has 0 fully saturated rings. The van der Waals surface area contributed by atoms with Crippen molar-refractivity contribution < 1.29 is 19.1 Å². The number of rotatable bonds is 7. The molecule has 0 saturated carbocycles. The molecule has 3 amide bonds. The Bertz CT molecular complexity index is 1240. The molecule has 0 aliphatic heterocycles. The maximum absolute atomic E-state index is 12.0. The summed E-state index contributed by atoms with van der Waals surface area (Å²) in [6, 6.07) is 18.3. The standard InChI is InChI=1S/C24H20IN3O4/c1-2-31-21-12-15(10-18(13-26)23(29)28-24(27)30)11-20(25)22(21)32-14-17-8-5-7-16-6-3-4-9-19(16)17/h3-12H,2,14H2,1H3,(H3,27,28,29,30)/b18-10-. The number of nitrogens with two attached hydrogens (primary N) is 1. The lowest BCUT2D eigenvalue weighted by atomic mass is 10.1. The molecule has 7 nitrogen and oxygen atoms in total. The number of fused-ring (bicyclic) bond motifs is 1.